The van der Waals surface area contributed by atoms with Crippen molar-refractivity contribution in [3.8, 4) is 5.75 Å². The van der Waals surface area contributed by atoms with E-state index in [0.717, 1.165) is 42.8 Å². The Morgan fingerprint density at radius 3 is 3.04 bits per heavy atom. The molecule has 0 saturated carbocycles. The Balaban J connectivity index is 1.65. The first-order valence-corrected chi connectivity index (χ1v) is 8.80. The first-order valence-electron chi connectivity index (χ1n) is 8.42. The van der Waals surface area contributed by atoms with E-state index in [1.54, 1.807) is 6.20 Å². The molecular formula is C19H23ClN2O2. The highest BCUT2D eigenvalue weighted by Gasteiger charge is 2.21. The normalized spacial score (nSPS) is 18.3. The number of benzene rings is 1. The predicted octanol–water partition coefficient (Wildman–Crippen LogP) is 3.39. The number of rotatable bonds is 6. The van der Waals surface area contributed by atoms with E-state index in [1.807, 2.05) is 36.4 Å². The molecule has 3 rings (SSSR count). The van der Waals surface area contributed by atoms with Crippen molar-refractivity contribution >= 4 is 11.6 Å². The molecule has 0 saturated heterocycles. The molecule has 2 atom stereocenters. The Labute approximate surface area is 147 Å². The number of halogens is 1. The minimum atomic E-state index is 0.139. The number of pyridine rings is 1. The standard InChI is InChI=1S/C19H23ClN2O2/c20-15-6-7-17-18(5-3-9-24-19(17)11-15)22-12-14(13-23)10-16-4-1-2-8-21-16/h1-2,4,6-8,11,14,18,22-23H,3,5,9-10,12-13H2/t14-,18-/m1/s1. The van der Waals surface area contributed by atoms with Crippen LogP contribution in [0.3, 0.4) is 0 Å². The van der Waals surface area contributed by atoms with Gasteiger partial charge in [-0.2, -0.15) is 0 Å². The van der Waals surface area contributed by atoms with E-state index >= 15 is 0 Å². The van der Waals surface area contributed by atoms with Gasteiger partial charge in [-0.05, 0) is 49.4 Å². The number of hydrogen-bond donors (Lipinski definition) is 2. The van der Waals surface area contributed by atoms with Crippen LogP contribution in [0.15, 0.2) is 42.6 Å². The second-order valence-electron chi connectivity index (χ2n) is 6.21. The summed E-state index contributed by atoms with van der Waals surface area (Å²) < 4.78 is 5.80. The summed E-state index contributed by atoms with van der Waals surface area (Å²) in [6, 6.07) is 11.9. The first kappa shape index (κ1) is 17.2. The van der Waals surface area contributed by atoms with Crippen LogP contribution in [0, 0.1) is 5.92 Å². The van der Waals surface area contributed by atoms with E-state index in [9.17, 15) is 5.11 Å². The number of aliphatic hydroxyl groups is 1. The lowest BCUT2D eigenvalue weighted by atomic mass is 9.99. The van der Waals surface area contributed by atoms with E-state index in [1.165, 1.54) is 0 Å². The average Bonchev–Trinajstić information content (AvgIpc) is 2.81. The number of aromatic nitrogens is 1. The fourth-order valence-electron chi connectivity index (χ4n) is 3.08. The second kappa shape index (κ2) is 8.47. The largest absolute Gasteiger partial charge is 0.493 e. The van der Waals surface area contributed by atoms with Gasteiger partial charge in [-0.3, -0.25) is 4.98 Å². The van der Waals surface area contributed by atoms with Crippen LogP contribution in [0.25, 0.3) is 0 Å². The highest BCUT2D eigenvalue weighted by Crippen LogP contribution is 2.33. The van der Waals surface area contributed by atoms with Crippen LogP contribution < -0.4 is 10.1 Å². The molecule has 24 heavy (non-hydrogen) atoms. The van der Waals surface area contributed by atoms with E-state index in [4.69, 9.17) is 16.3 Å². The number of nitrogens with zero attached hydrogens (tertiary/aromatic N) is 1. The quantitative estimate of drug-likeness (QED) is 0.841. The summed E-state index contributed by atoms with van der Waals surface area (Å²) in [6.45, 7) is 1.59. The molecule has 0 aliphatic carbocycles. The van der Waals surface area contributed by atoms with Gasteiger partial charge in [0, 0.05) is 41.7 Å². The van der Waals surface area contributed by atoms with Crippen LogP contribution in [0.2, 0.25) is 5.02 Å². The molecule has 1 aromatic heterocycles. The average molecular weight is 347 g/mol. The third kappa shape index (κ3) is 4.47. The minimum Gasteiger partial charge on any atom is -0.493 e. The molecule has 5 heteroatoms. The number of nitrogens with one attached hydrogen (secondary N) is 1. The maximum absolute atomic E-state index is 9.69. The van der Waals surface area contributed by atoms with Crippen molar-refractivity contribution in [1.82, 2.24) is 10.3 Å². The summed E-state index contributed by atoms with van der Waals surface area (Å²) in [4.78, 5) is 4.35. The molecule has 1 aliphatic rings. The first-order chi connectivity index (χ1) is 11.8. The summed E-state index contributed by atoms with van der Waals surface area (Å²) in [6.07, 6.45) is 4.56. The summed E-state index contributed by atoms with van der Waals surface area (Å²) in [5, 5.41) is 14.0. The Hall–Kier alpha value is -1.62. The number of ether oxygens (including phenoxy) is 1. The van der Waals surface area contributed by atoms with E-state index in [0.29, 0.717) is 11.6 Å². The van der Waals surface area contributed by atoms with Crippen LogP contribution in [-0.2, 0) is 6.42 Å². The van der Waals surface area contributed by atoms with Gasteiger partial charge in [0.2, 0.25) is 0 Å². The Morgan fingerprint density at radius 2 is 2.25 bits per heavy atom. The molecule has 4 nitrogen and oxygen atoms in total. The molecule has 1 aliphatic heterocycles. The van der Waals surface area contributed by atoms with Crippen molar-refractivity contribution < 1.29 is 9.84 Å². The molecule has 2 N–H and O–H groups in total. The molecular weight excluding hydrogens is 324 g/mol. The van der Waals surface area contributed by atoms with Gasteiger partial charge in [0.05, 0.1) is 6.61 Å². The Morgan fingerprint density at radius 1 is 1.33 bits per heavy atom. The number of fused-ring (bicyclic) bond motifs is 1. The highest BCUT2D eigenvalue weighted by molar-refractivity contribution is 6.30. The molecule has 128 valence electrons. The molecule has 0 unspecified atom stereocenters. The van der Waals surface area contributed by atoms with Gasteiger partial charge in [0.1, 0.15) is 5.75 Å². The van der Waals surface area contributed by atoms with Crippen LogP contribution in [0.4, 0.5) is 0 Å². The smallest absolute Gasteiger partial charge is 0.125 e. The zero-order valence-electron chi connectivity index (χ0n) is 13.6. The lowest BCUT2D eigenvalue weighted by Gasteiger charge is -2.22. The van der Waals surface area contributed by atoms with Crippen LogP contribution in [0.1, 0.15) is 30.1 Å². The molecule has 0 amide bonds. The minimum absolute atomic E-state index is 0.139. The maximum Gasteiger partial charge on any atom is 0.125 e. The van der Waals surface area contributed by atoms with Crippen molar-refractivity contribution in [3.63, 3.8) is 0 Å². The van der Waals surface area contributed by atoms with Gasteiger partial charge in [0.25, 0.3) is 0 Å². The zero-order chi connectivity index (χ0) is 16.8. The number of aliphatic hydroxyl groups excluding tert-OH is 1. The van der Waals surface area contributed by atoms with Crippen molar-refractivity contribution in [1.29, 1.82) is 0 Å². The molecule has 1 aromatic carbocycles. The SMILES string of the molecule is OC[C@@H](CN[C@@H]1CCCOc2cc(Cl)ccc21)Cc1ccccn1. The van der Waals surface area contributed by atoms with E-state index < -0.39 is 0 Å². The van der Waals surface area contributed by atoms with Gasteiger partial charge < -0.3 is 15.2 Å². The Kier molecular flexibility index (Phi) is 6.07. The van der Waals surface area contributed by atoms with Gasteiger partial charge in [-0.1, -0.05) is 23.7 Å². The predicted molar refractivity (Wildman–Crippen MR) is 95.4 cm³/mol. The van der Waals surface area contributed by atoms with Gasteiger partial charge in [-0.25, -0.2) is 0 Å². The molecule has 2 aromatic rings. The summed E-state index contributed by atoms with van der Waals surface area (Å²) >= 11 is 6.08. The Bertz CT molecular complexity index is 651. The maximum atomic E-state index is 9.69. The van der Waals surface area contributed by atoms with Gasteiger partial charge in [0.15, 0.2) is 0 Å². The summed E-state index contributed by atoms with van der Waals surface area (Å²) in [5.41, 5.74) is 2.15. The summed E-state index contributed by atoms with van der Waals surface area (Å²) in [5.74, 6) is 1.00. The summed E-state index contributed by atoms with van der Waals surface area (Å²) in [7, 11) is 0. The number of hydrogen-bond acceptors (Lipinski definition) is 4. The van der Waals surface area contributed by atoms with E-state index in [-0.39, 0.29) is 18.6 Å². The fourth-order valence-corrected chi connectivity index (χ4v) is 3.25. The van der Waals surface area contributed by atoms with Gasteiger partial charge in [-0.15, -0.1) is 0 Å². The second-order valence-corrected chi connectivity index (χ2v) is 6.64. The van der Waals surface area contributed by atoms with Crippen molar-refractivity contribution in [2.45, 2.75) is 25.3 Å². The molecule has 0 bridgehead atoms. The lowest BCUT2D eigenvalue weighted by Crippen LogP contribution is -2.30. The third-order valence-corrected chi connectivity index (χ3v) is 4.62. The van der Waals surface area contributed by atoms with Crippen LogP contribution in [-0.4, -0.2) is 29.8 Å². The molecule has 2 heterocycles. The fraction of sp³-hybridized carbons (Fsp3) is 0.421. The zero-order valence-corrected chi connectivity index (χ0v) is 14.4. The van der Waals surface area contributed by atoms with Crippen molar-refractivity contribution in [3.05, 3.63) is 58.9 Å². The van der Waals surface area contributed by atoms with Crippen molar-refractivity contribution in [2.75, 3.05) is 19.8 Å². The molecule has 0 fully saturated rings. The molecule has 0 spiro atoms. The van der Waals surface area contributed by atoms with Crippen LogP contribution >= 0.6 is 11.6 Å². The van der Waals surface area contributed by atoms with Gasteiger partial charge >= 0.3 is 0 Å². The van der Waals surface area contributed by atoms with Crippen molar-refractivity contribution in [2.24, 2.45) is 5.92 Å². The van der Waals surface area contributed by atoms with E-state index in [2.05, 4.69) is 10.3 Å². The third-order valence-electron chi connectivity index (χ3n) is 4.38. The molecule has 0 radical (unpaired) electrons. The lowest BCUT2D eigenvalue weighted by molar-refractivity contribution is 0.216. The highest BCUT2D eigenvalue weighted by atomic mass is 35.5. The monoisotopic (exact) mass is 346 g/mol. The van der Waals surface area contributed by atoms with Crippen LogP contribution in [0.5, 0.6) is 5.75 Å². The topological polar surface area (TPSA) is 54.4 Å².